The highest BCUT2D eigenvalue weighted by Crippen LogP contribution is 2.22. The molecule has 2 unspecified atom stereocenters. The van der Waals surface area contributed by atoms with Crippen molar-refractivity contribution in [3.63, 3.8) is 0 Å². The zero-order valence-electron chi connectivity index (χ0n) is 16.4. The fraction of sp³-hybridized carbons (Fsp3) is 0.455. The molecule has 1 aliphatic rings. The summed E-state index contributed by atoms with van der Waals surface area (Å²) in [5.41, 5.74) is 2.85. The molecule has 0 aliphatic carbocycles. The number of nitrogens with zero attached hydrogens (tertiary/aromatic N) is 2. The van der Waals surface area contributed by atoms with Crippen molar-refractivity contribution in [3.8, 4) is 5.88 Å². The van der Waals surface area contributed by atoms with Crippen LogP contribution in [-0.4, -0.2) is 36.0 Å². The van der Waals surface area contributed by atoms with Crippen LogP contribution in [0.2, 0.25) is 0 Å². The van der Waals surface area contributed by atoms with E-state index in [-0.39, 0.29) is 5.91 Å². The first-order valence-corrected chi connectivity index (χ1v) is 9.62. The Hall–Kier alpha value is -2.40. The molecule has 2 heterocycles. The van der Waals surface area contributed by atoms with Crippen LogP contribution in [0.25, 0.3) is 0 Å². The molecule has 5 heteroatoms. The molecule has 1 aromatic heterocycles. The molecule has 27 heavy (non-hydrogen) atoms. The Morgan fingerprint density at radius 3 is 2.48 bits per heavy atom. The summed E-state index contributed by atoms with van der Waals surface area (Å²) in [6.07, 6.45) is 2.94. The summed E-state index contributed by atoms with van der Waals surface area (Å²) in [4.78, 5) is 19.0. The average Bonchev–Trinajstić information content (AvgIpc) is 2.66. The third-order valence-corrected chi connectivity index (χ3v) is 5.04. The van der Waals surface area contributed by atoms with Gasteiger partial charge in [-0.25, -0.2) is 4.98 Å². The standard InChI is InChI=1S/C22H29N3O2/c1-16-11-17(2)14-25(13-16)15-19-8-6-18(7-9-19)12-24-21(26)20-5-4-10-23-22(20)27-3/h4-10,16-17H,11-15H2,1-3H3,(H,24,26). The number of carbonyl (C=O) groups is 1. The number of ether oxygens (including phenoxy) is 1. The van der Waals surface area contributed by atoms with Crippen molar-refractivity contribution >= 4 is 5.91 Å². The maximum Gasteiger partial charge on any atom is 0.257 e. The zero-order chi connectivity index (χ0) is 19.2. The number of hydrogen-bond acceptors (Lipinski definition) is 4. The second-order valence-electron chi connectivity index (χ2n) is 7.70. The number of methoxy groups -OCH3 is 1. The van der Waals surface area contributed by atoms with Gasteiger partial charge in [-0.15, -0.1) is 0 Å². The van der Waals surface area contributed by atoms with Crippen molar-refractivity contribution in [3.05, 3.63) is 59.3 Å². The maximum absolute atomic E-state index is 12.4. The quantitative estimate of drug-likeness (QED) is 0.849. The molecule has 144 valence electrons. The van der Waals surface area contributed by atoms with Crippen molar-refractivity contribution in [2.75, 3.05) is 20.2 Å². The minimum Gasteiger partial charge on any atom is -0.480 e. The Balaban J connectivity index is 1.54. The highest BCUT2D eigenvalue weighted by atomic mass is 16.5. The minimum atomic E-state index is -0.180. The molecule has 3 rings (SSSR count). The molecule has 0 spiro atoms. The number of aromatic nitrogens is 1. The van der Waals surface area contributed by atoms with Crippen LogP contribution in [0.15, 0.2) is 42.6 Å². The highest BCUT2D eigenvalue weighted by Gasteiger charge is 2.21. The van der Waals surface area contributed by atoms with Gasteiger partial charge in [0.05, 0.1) is 7.11 Å². The van der Waals surface area contributed by atoms with Gasteiger partial charge in [0.25, 0.3) is 5.91 Å². The van der Waals surface area contributed by atoms with Gasteiger partial charge in [0.15, 0.2) is 0 Å². The van der Waals surface area contributed by atoms with Gasteiger partial charge in [-0.3, -0.25) is 9.69 Å². The smallest absolute Gasteiger partial charge is 0.257 e. The van der Waals surface area contributed by atoms with E-state index in [1.165, 1.54) is 32.2 Å². The van der Waals surface area contributed by atoms with Gasteiger partial charge in [-0.1, -0.05) is 38.1 Å². The van der Waals surface area contributed by atoms with Gasteiger partial charge in [-0.05, 0) is 41.5 Å². The highest BCUT2D eigenvalue weighted by molar-refractivity contribution is 5.96. The van der Waals surface area contributed by atoms with Crippen LogP contribution in [0.4, 0.5) is 0 Å². The van der Waals surface area contributed by atoms with Gasteiger partial charge in [0, 0.05) is 32.4 Å². The fourth-order valence-corrected chi connectivity index (χ4v) is 3.95. The molecule has 1 aliphatic heterocycles. The van der Waals surface area contributed by atoms with Crippen molar-refractivity contribution < 1.29 is 9.53 Å². The maximum atomic E-state index is 12.4. The third kappa shape index (κ3) is 5.30. The molecule has 2 aromatic rings. The Morgan fingerprint density at radius 2 is 1.81 bits per heavy atom. The Bertz CT molecular complexity index is 750. The predicted molar refractivity (Wildman–Crippen MR) is 107 cm³/mol. The van der Waals surface area contributed by atoms with E-state index in [9.17, 15) is 4.79 Å². The van der Waals surface area contributed by atoms with Crippen molar-refractivity contribution in [1.82, 2.24) is 15.2 Å². The van der Waals surface area contributed by atoms with E-state index >= 15 is 0 Å². The van der Waals surface area contributed by atoms with E-state index in [1.54, 1.807) is 18.3 Å². The minimum absolute atomic E-state index is 0.180. The zero-order valence-corrected chi connectivity index (χ0v) is 16.4. The molecule has 1 amide bonds. The van der Waals surface area contributed by atoms with Crippen molar-refractivity contribution in [2.24, 2.45) is 11.8 Å². The van der Waals surface area contributed by atoms with Crippen LogP contribution in [0.5, 0.6) is 5.88 Å². The number of carbonyl (C=O) groups excluding carboxylic acids is 1. The van der Waals surface area contributed by atoms with E-state index in [2.05, 4.69) is 53.3 Å². The average molecular weight is 367 g/mol. The van der Waals surface area contributed by atoms with Crippen LogP contribution in [0, 0.1) is 11.8 Å². The van der Waals surface area contributed by atoms with Gasteiger partial charge in [0.2, 0.25) is 5.88 Å². The molecular formula is C22H29N3O2. The number of amides is 1. The topological polar surface area (TPSA) is 54.5 Å². The van der Waals surface area contributed by atoms with Gasteiger partial charge in [-0.2, -0.15) is 0 Å². The molecule has 1 saturated heterocycles. The molecular weight excluding hydrogens is 338 g/mol. The number of pyridine rings is 1. The van der Waals surface area contributed by atoms with E-state index in [4.69, 9.17) is 4.74 Å². The largest absolute Gasteiger partial charge is 0.480 e. The van der Waals surface area contributed by atoms with E-state index in [0.29, 0.717) is 18.0 Å². The van der Waals surface area contributed by atoms with Crippen molar-refractivity contribution in [2.45, 2.75) is 33.4 Å². The summed E-state index contributed by atoms with van der Waals surface area (Å²) in [7, 11) is 1.52. The predicted octanol–water partition coefficient (Wildman–Crippen LogP) is 3.50. The first-order valence-electron chi connectivity index (χ1n) is 9.62. The molecule has 0 saturated carbocycles. The third-order valence-electron chi connectivity index (χ3n) is 5.04. The van der Waals surface area contributed by atoms with E-state index < -0.39 is 0 Å². The number of piperidine rings is 1. The molecule has 1 N–H and O–H groups in total. The second-order valence-corrected chi connectivity index (χ2v) is 7.70. The normalized spacial score (nSPS) is 20.3. The summed E-state index contributed by atoms with van der Waals surface area (Å²) >= 11 is 0. The van der Waals surface area contributed by atoms with Crippen LogP contribution in [-0.2, 0) is 13.1 Å². The number of rotatable bonds is 6. The summed E-state index contributed by atoms with van der Waals surface area (Å²) < 4.78 is 5.14. The van der Waals surface area contributed by atoms with Crippen molar-refractivity contribution in [1.29, 1.82) is 0 Å². The van der Waals surface area contributed by atoms with E-state index in [1.807, 2.05) is 0 Å². The summed E-state index contributed by atoms with van der Waals surface area (Å²) in [6.45, 7) is 8.50. The monoisotopic (exact) mass is 367 g/mol. The van der Waals surface area contributed by atoms with Crippen LogP contribution in [0.1, 0.15) is 41.8 Å². The fourth-order valence-electron chi connectivity index (χ4n) is 3.95. The first kappa shape index (κ1) is 19.4. The molecule has 2 atom stereocenters. The molecule has 1 fully saturated rings. The van der Waals surface area contributed by atoms with Crippen LogP contribution >= 0.6 is 0 Å². The lowest BCUT2D eigenvalue weighted by Gasteiger charge is -2.35. The lowest BCUT2D eigenvalue weighted by atomic mass is 9.91. The summed E-state index contributed by atoms with van der Waals surface area (Å²) in [6, 6.07) is 11.9. The Labute approximate surface area is 161 Å². The Morgan fingerprint density at radius 1 is 1.15 bits per heavy atom. The summed E-state index contributed by atoms with van der Waals surface area (Å²) in [5.74, 6) is 1.70. The SMILES string of the molecule is COc1ncccc1C(=O)NCc1ccc(CN2CC(C)CC(C)C2)cc1. The van der Waals surface area contributed by atoms with Gasteiger partial charge in [0.1, 0.15) is 5.56 Å². The van der Waals surface area contributed by atoms with Crippen LogP contribution in [0.3, 0.4) is 0 Å². The number of benzene rings is 1. The Kier molecular flexibility index (Phi) is 6.45. The number of nitrogens with one attached hydrogen (secondary N) is 1. The molecule has 0 radical (unpaired) electrons. The number of hydrogen-bond donors (Lipinski definition) is 1. The molecule has 1 aromatic carbocycles. The molecule has 0 bridgehead atoms. The van der Waals surface area contributed by atoms with Gasteiger partial charge >= 0.3 is 0 Å². The molecule has 5 nitrogen and oxygen atoms in total. The lowest BCUT2D eigenvalue weighted by molar-refractivity contribution is 0.0947. The van der Waals surface area contributed by atoms with Gasteiger partial charge < -0.3 is 10.1 Å². The lowest BCUT2D eigenvalue weighted by Crippen LogP contribution is -2.38. The number of likely N-dealkylation sites (tertiary alicyclic amines) is 1. The van der Waals surface area contributed by atoms with E-state index in [0.717, 1.165) is 23.9 Å². The summed E-state index contributed by atoms with van der Waals surface area (Å²) in [5, 5.41) is 2.93. The van der Waals surface area contributed by atoms with Crippen LogP contribution < -0.4 is 10.1 Å². The second kappa shape index (κ2) is 9.00. The first-order chi connectivity index (χ1) is 13.0.